The molecule has 19 heavy (non-hydrogen) atoms. The largest absolute Gasteiger partial charge is 0.369 e. The van der Waals surface area contributed by atoms with Crippen LogP contribution in [0.2, 0.25) is 0 Å². The quantitative estimate of drug-likeness (QED) is 0.690. The summed E-state index contributed by atoms with van der Waals surface area (Å²) in [6.07, 6.45) is 4.23. The Kier molecular flexibility index (Phi) is 4.27. The van der Waals surface area contributed by atoms with E-state index >= 15 is 0 Å². The second-order valence-electron chi connectivity index (χ2n) is 4.33. The Morgan fingerprint density at radius 1 is 1.47 bits per heavy atom. The van der Waals surface area contributed by atoms with Crippen LogP contribution in [0.4, 0.5) is 5.82 Å². The Morgan fingerprint density at radius 2 is 2.32 bits per heavy atom. The van der Waals surface area contributed by atoms with Crippen LogP contribution < -0.4 is 16.0 Å². The lowest BCUT2D eigenvalue weighted by molar-refractivity contribution is -0.119. The summed E-state index contributed by atoms with van der Waals surface area (Å²) >= 11 is 0. The first-order valence-electron chi connectivity index (χ1n) is 6.32. The Morgan fingerprint density at radius 3 is 2.89 bits per heavy atom. The van der Waals surface area contributed by atoms with Crippen LogP contribution in [0, 0.1) is 0 Å². The molecule has 1 aromatic rings. The molecule has 102 valence electrons. The van der Waals surface area contributed by atoms with Crippen molar-refractivity contribution in [2.45, 2.75) is 25.8 Å². The topological polar surface area (TPSA) is 96.0 Å². The minimum absolute atomic E-state index is 0.0189. The van der Waals surface area contributed by atoms with Crippen LogP contribution in [0.3, 0.4) is 0 Å². The minimum atomic E-state index is -0.281. The van der Waals surface area contributed by atoms with E-state index in [1.807, 2.05) is 6.92 Å². The maximum atomic E-state index is 11.8. The summed E-state index contributed by atoms with van der Waals surface area (Å²) in [6.45, 7) is 3.13. The van der Waals surface area contributed by atoms with E-state index in [0.29, 0.717) is 18.8 Å². The molecule has 0 aliphatic carbocycles. The van der Waals surface area contributed by atoms with Gasteiger partial charge in [0.25, 0.3) is 5.91 Å². The zero-order valence-electron chi connectivity index (χ0n) is 10.8. The number of carbonyl (C=O) groups is 2. The smallest absolute Gasteiger partial charge is 0.271 e. The van der Waals surface area contributed by atoms with E-state index in [2.05, 4.69) is 25.9 Å². The van der Waals surface area contributed by atoms with Gasteiger partial charge in [-0.1, -0.05) is 0 Å². The van der Waals surface area contributed by atoms with Gasteiger partial charge in [0.15, 0.2) is 0 Å². The summed E-state index contributed by atoms with van der Waals surface area (Å²) in [6, 6.07) is 0.0189. The number of anilines is 1. The molecule has 3 N–H and O–H groups in total. The van der Waals surface area contributed by atoms with Crippen LogP contribution in [0.1, 0.15) is 30.3 Å². The summed E-state index contributed by atoms with van der Waals surface area (Å²) in [5.74, 6) is 0.396. The average molecular weight is 263 g/mol. The Bertz CT molecular complexity index is 460. The Labute approximate surface area is 111 Å². The van der Waals surface area contributed by atoms with Crippen molar-refractivity contribution < 1.29 is 9.59 Å². The molecule has 7 nitrogen and oxygen atoms in total. The first kappa shape index (κ1) is 13.3. The molecule has 1 aliphatic rings. The molecule has 0 spiro atoms. The van der Waals surface area contributed by atoms with E-state index in [4.69, 9.17) is 0 Å². The first-order valence-corrected chi connectivity index (χ1v) is 6.32. The highest BCUT2D eigenvalue weighted by Gasteiger charge is 2.21. The van der Waals surface area contributed by atoms with E-state index < -0.39 is 0 Å². The second-order valence-corrected chi connectivity index (χ2v) is 4.33. The van der Waals surface area contributed by atoms with Crippen molar-refractivity contribution in [2.24, 2.45) is 0 Å². The second kappa shape index (κ2) is 6.12. The van der Waals surface area contributed by atoms with Gasteiger partial charge in [0, 0.05) is 25.6 Å². The fourth-order valence-corrected chi connectivity index (χ4v) is 1.85. The Balaban J connectivity index is 1.83. The number of aromatic nitrogens is 2. The molecule has 0 radical (unpaired) electrons. The normalized spacial score (nSPS) is 17.9. The lowest BCUT2D eigenvalue weighted by Crippen LogP contribution is -2.38. The number of nitrogens with zero attached hydrogens (tertiary/aromatic N) is 2. The van der Waals surface area contributed by atoms with Gasteiger partial charge < -0.3 is 16.0 Å². The molecule has 1 unspecified atom stereocenters. The van der Waals surface area contributed by atoms with Gasteiger partial charge in [-0.15, -0.1) is 0 Å². The van der Waals surface area contributed by atoms with Gasteiger partial charge in [-0.25, -0.2) is 9.97 Å². The summed E-state index contributed by atoms with van der Waals surface area (Å²) < 4.78 is 0. The van der Waals surface area contributed by atoms with Crippen LogP contribution in [0.15, 0.2) is 12.4 Å². The molecule has 2 rings (SSSR count). The van der Waals surface area contributed by atoms with Crippen molar-refractivity contribution in [1.29, 1.82) is 0 Å². The van der Waals surface area contributed by atoms with E-state index in [1.165, 1.54) is 12.4 Å². The maximum Gasteiger partial charge on any atom is 0.271 e. The van der Waals surface area contributed by atoms with Crippen molar-refractivity contribution in [1.82, 2.24) is 20.6 Å². The van der Waals surface area contributed by atoms with Crippen molar-refractivity contribution in [3.63, 3.8) is 0 Å². The number of amides is 2. The van der Waals surface area contributed by atoms with E-state index in [1.54, 1.807) is 0 Å². The third kappa shape index (κ3) is 3.64. The maximum absolute atomic E-state index is 11.8. The third-order valence-electron chi connectivity index (χ3n) is 2.84. The average Bonchev–Trinajstić information content (AvgIpc) is 2.83. The van der Waals surface area contributed by atoms with Crippen LogP contribution in [0.5, 0.6) is 0 Å². The highest BCUT2D eigenvalue weighted by atomic mass is 16.2. The third-order valence-corrected chi connectivity index (χ3v) is 2.84. The van der Waals surface area contributed by atoms with E-state index in [-0.39, 0.29) is 23.6 Å². The van der Waals surface area contributed by atoms with Crippen molar-refractivity contribution in [3.05, 3.63) is 18.1 Å². The fourth-order valence-electron chi connectivity index (χ4n) is 1.85. The zero-order valence-corrected chi connectivity index (χ0v) is 10.8. The van der Waals surface area contributed by atoms with Gasteiger partial charge >= 0.3 is 0 Å². The molecule has 1 saturated heterocycles. The molecule has 0 aromatic carbocycles. The molecule has 1 atom stereocenters. The number of hydrogen-bond acceptors (Lipinski definition) is 5. The van der Waals surface area contributed by atoms with Gasteiger partial charge in [0.05, 0.1) is 12.4 Å². The highest BCUT2D eigenvalue weighted by molar-refractivity contribution is 5.92. The summed E-state index contributed by atoms with van der Waals surface area (Å²) in [7, 11) is 0. The van der Waals surface area contributed by atoms with Crippen LogP contribution >= 0.6 is 0 Å². The molecule has 2 heterocycles. The summed E-state index contributed by atoms with van der Waals surface area (Å²) in [5.41, 5.74) is 0.269. The van der Waals surface area contributed by atoms with Gasteiger partial charge in [0.1, 0.15) is 11.5 Å². The molecule has 1 aromatic heterocycles. The molecule has 2 amide bonds. The zero-order chi connectivity index (χ0) is 13.7. The number of nitrogens with one attached hydrogen (secondary N) is 3. The van der Waals surface area contributed by atoms with E-state index in [9.17, 15) is 9.59 Å². The van der Waals surface area contributed by atoms with Crippen molar-refractivity contribution in [3.8, 4) is 0 Å². The monoisotopic (exact) mass is 263 g/mol. The SMILES string of the molecule is CCNc1cnc(C(=O)NCC2CCC(=O)N2)cn1. The van der Waals surface area contributed by atoms with Gasteiger partial charge in [-0.3, -0.25) is 9.59 Å². The minimum Gasteiger partial charge on any atom is -0.369 e. The van der Waals surface area contributed by atoms with Crippen LogP contribution in [-0.2, 0) is 4.79 Å². The predicted molar refractivity (Wildman–Crippen MR) is 69.7 cm³/mol. The standard InChI is InChI=1S/C12H17N5O2/c1-2-13-10-7-14-9(6-15-10)12(19)16-5-8-3-4-11(18)17-8/h6-8H,2-5H2,1H3,(H,13,15)(H,16,19)(H,17,18). The van der Waals surface area contributed by atoms with Gasteiger partial charge in [0.2, 0.25) is 5.91 Å². The summed E-state index contributed by atoms with van der Waals surface area (Å²) in [4.78, 5) is 30.9. The van der Waals surface area contributed by atoms with Crippen LogP contribution in [-0.4, -0.2) is 40.9 Å². The van der Waals surface area contributed by atoms with Crippen molar-refractivity contribution in [2.75, 3.05) is 18.4 Å². The Hall–Kier alpha value is -2.18. The molecule has 0 bridgehead atoms. The lowest BCUT2D eigenvalue weighted by Gasteiger charge is -2.10. The molecule has 0 saturated carbocycles. The number of carbonyl (C=O) groups excluding carboxylic acids is 2. The lowest BCUT2D eigenvalue weighted by atomic mass is 10.2. The molecule has 7 heteroatoms. The molecule has 1 fully saturated rings. The van der Waals surface area contributed by atoms with Gasteiger partial charge in [-0.05, 0) is 13.3 Å². The molecular formula is C12H17N5O2. The van der Waals surface area contributed by atoms with E-state index in [0.717, 1.165) is 13.0 Å². The van der Waals surface area contributed by atoms with Crippen LogP contribution in [0.25, 0.3) is 0 Å². The van der Waals surface area contributed by atoms with Crippen molar-refractivity contribution >= 4 is 17.6 Å². The molecule has 1 aliphatic heterocycles. The summed E-state index contributed by atoms with van der Waals surface area (Å²) in [5, 5.41) is 8.53. The highest BCUT2D eigenvalue weighted by Crippen LogP contribution is 2.05. The number of hydrogen-bond donors (Lipinski definition) is 3. The number of rotatable bonds is 5. The predicted octanol–water partition coefficient (Wildman–Crippen LogP) is -0.0832. The first-order chi connectivity index (χ1) is 9.19. The molecular weight excluding hydrogens is 246 g/mol. The fraction of sp³-hybridized carbons (Fsp3) is 0.500. The van der Waals surface area contributed by atoms with Gasteiger partial charge in [-0.2, -0.15) is 0 Å².